The third-order valence-corrected chi connectivity index (χ3v) is 3.39. The van der Waals surface area contributed by atoms with Crippen molar-refractivity contribution in [3.8, 4) is 6.07 Å². The van der Waals surface area contributed by atoms with E-state index in [1.165, 1.54) is 6.07 Å². The van der Waals surface area contributed by atoms with Crippen molar-refractivity contribution >= 4 is 5.69 Å². The van der Waals surface area contributed by atoms with Crippen LogP contribution < -0.4 is 10.2 Å². The number of rotatable bonds is 8. The summed E-state index contributed by atoms with van der Waals surface area (Å²) in [6.07, 6.45) is 0.399. The lowest BCUT2D eigenvalue weighted by molar-refractivity contribution is 0.558. The normalized spacial score (nSPS) is 12.2. The maximum atomic E-state index is 14.4. The van der Waals surface area contributed by atoms with Crippen LogP contribution in [0.5, 0.6) is 0 Å². The molecule has 0 spiro atoms. The van der Waals surface area contributed by atoms with Gasteiger partial charge in [0, 0.05) is 19.1 Å². The SMILES string of the molecule is CCNC(C)c1cccc(F)c1N(CCC#N)CC(C)C. The molecular weight excluding hydrogens is 265 g/mol. The van der Waals surface area contributed by atoms with Crippen LogP contribution in [0.15, 0.2) is 18.2 Å². The Kier molecular flexibility index (Phi) is 7.18. The molecule has 0 aliphatic rings. The minimum Gasteiger partial charge on any atom is -0.368 e. The highest BCUT2D eigenvalue weighted by atomic mass is 19.1. The number of hydrogen-bond donors (Lipinski definition) is 1. The third kappa shape index (κ3) is 5.02. The Morgan fingerprint density at radius 3 is 2.62 bits per heavy atom. The summed E-state index contributed by atoms with van der Waals surface area (Å²) >= 11 is 0. The quantitative estimate of drug-likeness (QED) is 0.790. The molecule has 1 aromatic rings. The van der Waals surface area contributed by atoms with Gasteiger partial charge in [-0.05, 0) is 31.0 Å². The zero-order chi connectivity index (χ0) is 15.8. The number of para-hydroxylation sites is 1. The molecule has 1 atom stereocenters. The fourth-order valence-corrected chi connectivity index (χ4v) is 2.55. The monoisotopic (exact) mass is 291 g/mol. The fourth-order valence-electron chi connectivity index (χ4n) is 2.55. The maximum Gasteiger partial charge on any atom is 0.146 e. The molecule has 0 amide bonds. The second kappa shape index (κ2) is 8.63. The number of halogens is 1. The van der Waals surface area contributed by atoms with E-state index in [1.54, 1.807) is 6.07 Å². The maximum absolute atomic E-state index is 14.4. The smallest absolute Gasteiger partial charge is 0.146 e. The Morgan fingerprint density at radius 1 is 1.33 bits per heavy atom. The first kappa shape index (κ1) is 17.5. The molecule has 0 aromatic heterocycles. The average Bonchev–Trinajstić information content (AvgIpc) is 2.43. The molecule has 0 saturated heterocycles. The van der Waals surface area contributed by atoms with E-state index in [4.69, 9.17) is 5.26 Å². The Morgan fingerprint density at radius 2 is 2.05 bits per heavy atom. The molecule has 0 fully saturated rings. The molecule has 0 aliphatic heterocycles. The second-order valence-electron chi connectivity index (χ2n) is 5.71. The number of nitrogens with zero attached hydrogens (tertiary/aromatic N) is 2. The number of nitriles is 1. The molecule has 1 rings (SSSR count). The van der Waals surface area contributed by atoms with Gasteiger partial charge in [-0.2, -0.15) is 5.26 Å². The van der Waals surface area contributed by atoms with Crippen molar-refractivity contribution in [3.05, 3.63) is 29.6 Å². The van der Waals surface area contributed by atoms with E-state index in [1.807, 2.05) is 24.8 Å². The lowest BCUT2D eigenvalue weighted by atomic mass is 10.0. The molecule has 1 unspecified atom stereocenters. The van der Waals surface area contributed by atoms with Crippen molar-refractivity contribution in [1.82, 2.24) is 5.32 Å². The van der Waals surface area contributed by atoms with E-state index in [0.29, 0.717) is 24.6 Å². The Hall–Kier alpha value is -1.60. The minimum atomic E-state index is -0.212. The van der Waals surface area contributed by atoms with Gasteiger partial charge in [0.2, 0.25) is 0 Å². The van der Waals surface area contributed by atoms with Gasteiger partial charge in [-0.1, -0.05) is 32.9 Å². The Balaban J connectivity index is 3.18. The largest absolute Gasteiger partial charge is 0.368 e. The number of anilines is 1. The topological polar surface area (TPSA) is 39.1 Å². The molecule has 116 valence electrons. The zero-order valence-corrected chi connectivity index (χ0v) is 13.5. The molecule has 0 aliphatic carbocycles. The molecule has 1 aromatic carbocycles. The molecule has 4 heteroatoms. The molecule has 1 N–H and O–H groups in total. The van der Waals surface area contributed by atoms with Gasteiger partial charge in [0.1, 0.15) is 5.82 Å². The first-order valence-corrected chi connectivity index (χ1v) is 7.64. The summed E-state index contributed by atoms with van der Waals surface area (Å²) in [5, 5.41) is 12.2. The average molecular weight is 291 g/mol. The Labute approximate surface area is 127 Å². The van der Waals surface area contributed by atoms with E-state index in [-0.39, 0.29) is 11.9 Å². The summed E-state index contributed by atoms with van der Waals surface area (Å²) in [4.78, 5) is 2.01. The van der Waals surface area contributed by atoms with Gasteiger partial charge in [-0.25, -0.2) is 4.39 Å². The summed E-state index contributed by atoms with van der Waals surface area (Å²) in [5.41, 5.74) is 1.59. The molecule has 21 heavy (non-hydrogen) atoms. The van der Waals surface area contributed by atoms with Gasteiger partial charge in [-0.15, -0.1) is 0 Å². The van der Waals surface area contributed by atoms with Crippen LogP contribution in [0.3, 0.4) is 0 Å². The van der Waals surface area contributed by atoms with Crippen molar-refractivity contribution in [1.29, 1.82) is 5.26 Å². The van der Waals surface area contributed by atoms with E-state index >= 15 is 0 Å². The van der Waals surface area contributed by atoms with Gasteiger partial charge in [0.25, 0.3) is 0 Å². The van der Waals surface area contributed by atoms with Crippen LogP contribution in [0.1, 0.15) is 45.7 Å². The summed E-state index contributed by atoms with van der Waals surface area (Å²) in [5.74, 6) is 0.196. The highest BCUT2D eigenvalue weighted by Gasteiger charge is 2.20. The van der Waals surface area contributed by atoms with Crippen LogP contribution in [0.2, 0.25) is 0 Å². The molecule has 0 heterocycles. The predicted octanol–water partition coefficient (Wildman–Crippen LogP) is 3.87. The minimum absolute atomic E-state index is 0.0810. The predicted molar refractivity (Wildman–Crippen MR) is 85.8 cm³/mol. The highest BCUT2D eigenvalue weighted by Crippen LogP contribution is 2.30. The van der Waals surface area contributed by atoms with Gasteiger partial charge < -0.3 is 10.2 Å². The van der Waals surface area contributed by atoms with E-state index in [9.17, 15) is 4.39 Å². The van der Waals surface area contributed by atoms with Crippen LogP contribution in [0.25, 0.3) is 0 Å². The van der Waals surface area contributed by atoms with E-state index in [0.717, 1.165) is 18.7 Å². The van der Waals surface area contributed by atoms with Gasteiger partial charge in [0.05, 0.1) is 18.2 Å². The summed E-state index contributed by atoms with van der Waals surface area (Å²) < 4.78 is 14.4. The molecule has 0 bridgehead atoms. The lowest BCUT2D eigenvalue weighted by Crippen LogP contribution is -2.31. The highest BCUT2D eigenvalue weighted by molar-refractivity contribution is 5.56. The van der Waals surface area contributed by atoms with Crippen LogP contribution in [0.4, 0.5) is 10.1 Å². The Bertz CT molecular complexity index is 479. The van der Waals surface area contributed by atoms with Crippen molar-refractivity contribution in [2.45, 2.75) is 40.2 Å². The standard InChI is InChI=1S/C17H26FN3/c1-5-20-14(4)15-8-6-9-16(18)17(15)21(11-7-10-19)12-13(2)3/h6,8-9,13-14,20H,5,7,11-12H2,1-4H3. The van der Waals surface area contributed by atoms with Crippen LogP contribution in [-0.4, -0.2) is 19.6 Å². The van der Waals surface area contributed by atoms with Gasteiger partial charge in [-0.3, -0.25) is 0 Å². The van der Waals surface area contributed by atoms with Crippen molar-refractivity contribution < 1.29 is 4.39 Å². The molecule has 3 nitrogen and oxygen atoms in total. The second-order valence-corrected chi connectivity index (χ2v) is 5.71. The number of hydrogen-bond acceptors (Lipinski definition) is 3. The van der Waals surface area contributed by atoms with Gasteiger partial charge >= 0.3 is 0 Å². The third-order valence-electron chi connectivity index (χ3n) is 3.39. The summed E-state index contributed by atoms with van der Waals surface area (Å²) in [7, 11) is 0. The van der Waals surface area contributed by atoms with Crippen molar-refractivity contribution in [2.24, 2.45) is 5.92 Å². The molecule has 0 radical (unpaired) electrons. The summed E-state index contributed by atoms with van der Waals surface area (Å²) in [6, 6.07) is 7.45. The van der Waals surface area contributed by atoms with Crippen molar-refractivity contribution in [3.63, 3.8) is 0 Å². The van der Waals surface area contributed by atoms with E-state index in [2.05, 4.69) is 25.2 Å². The summed E-state index contributed by atoms with van der Waals surface area (Å²) in [6.45, 7) is 10.4. The zero-order valence-electron chi connectivity index (χ0n) is 13.5. The van der Waals surface area contributed by atoms with E-state index < -0.39 is 0 Å². The first-order valence-electron chi connectivity index (χ1n) is 7.64. The van der Waals surface area contributed by atoms with Crippen LogP contribution in [0, 0.1) is 23.1 Å². The van der Waals surface area contributed by atoms with Crippen LogP contribution in [-0.2, 0) is 0 Å². The lowest BCUT2D eigenvalue weighted by Gasteiger charge is -2.30. The molecule has 0 saturated carbocycles. The fraction of sp³-hybridized carbons (Fsp3) is 0.588. The number of benzene rings is 1. The van der Waals surface area contributed by atoms with Crippen LogP contribution >= 0.6 is 0 Å². The molecular formula is C17H26FN3. The van der Waals surface area contributed by atoms with Crippen molar-refractivity contribution in [2.75, 3.05) is 24.5 Å². The van der Waals surface area contributed by atoms with Gasteiger partial charge in [0.15, 0.2) is 0 Å². The first-order chi connectivity index (χ1) is 10.0. The number of nitrogens with one attached hydrogen (secondary N) is 1.